The average molecular weight is 375 g/mol. The number of nitrogens with one attached hydrogen (secondary N) is 1. The summed E-state index contributed by atoms with van der Waals surface area (Å²) in [5.41, 5.74) is 5.12. The molecule has 3 heterocycles. The van der Waals surface area contributed by atoms with Crippen LogP contribution in [0.2, 0.25) is 0 Å². The lowest BCUT2D eigenvalue weighted by Crippen LogP contribution is -2.51. The molecule has 1 amide bonds. The largest absolute Gasteiger partial charge is 0.358 e. The maximum absolute atomic E-state index is 13.2. The van der Waals surface area contributed by atoms with Crippen LogP contribution in [0.5, 0.6) is 0 Å². The number of aryl methyl sites for hydroxylation is 2. The molecule has 1 unspecified atom stereocenters. The van der Waals surface area contributed by atoms with Gasteiger partial charge in [0.2, 0.25) is 11.9 Å². The Kier molecular flexibility index (Phi) is 4.26. The van der Waals surface area contributed by atoms with Gasteiger partial charge in [-0.2, -0.15) is 0 Å². The monoisotopic (exact) mass is 375 g/mol. The third-order valence-electron chi connectivity index (χ3n) is 6.12. The van der Waals surface area contributed by atoms with Crippen LogP contribution in [0.4, 0.5) is 5.95 Å². The zero-order valence-corrected chi connectivity index (χ0v) is 16.2. The van der Waals surface area contributed by atoms with Gasteiger partial charge in [-0.25, -0.2) is 9.97 Å². The van der Waals surface area contributed by atoms with Gasteiger partial charge in [-0.05, 0) is 49.9 Å². The molecule has 6 nitrogen and oxygen atoms in total. The number of H-pyrrole nitrogens is 1. The average Bonchev–Trinajstić information content (AvgIpc) is 3.11. The molecule has 0 radical (unpaired) electrons. The van der Waals surface area contributed by atoms with E-state index in [4.69, 9.17) is 0 Å². The van der Waals surface area contributed by atoms with Crippen LogP contribution in [-0.2, 0) is 17.6 Å². The molecule has 5 rings (SSSR count). The first kappa shape index (κ1) is 17.2. The molecule has 1 fully saturated rings. The van der Waals surface area contributed by atoms with Crippen molar-refractivity contribution in [3.63, 3.8) is 0 Å². The lowest BCUT2D eigenvalue weighted by Gasteiger charge is -2.37. The van der Waals surface area contributed by atoms with Gasteiger partial charge in [0.25, 0.3) is 0 Å². The standard InChI is InChI=1S/C22H25N5O/c1-15-3-5-19-17(13-15)18-14-16(4-6-20(18)25-19)21(28)26-9-11-27(12-10-26)22-23-7-2-8-24-22/h2-3,5,7-8,13,16,25H,4,6,9-12,14H2,1H3. The quantitative estimate of drug-likeness (QED) is 0.748. The van der Waals surface area contributed by atoms with Crippen molar-refractivity contribution >= 4 is 22.8 Å². The Morgan fingerprint density at radius 1 is 1.14 bits per heavy atom. The molecule has 0 saturated carbocycles. The minimum absolute atomic E-state index is 0.0894. The van der Waals surface area contributed by atoms with Gasteiger partial charge in [0.05, 0.1) is 0 Å². The fourth-order valence-electron chi connectivity index (χ4n) is 4.58. The molecule has 2 aliphatic rings. The molecule has 1 aromatic carbocycles. The molecule has 0 bridgehead atoms. The zero-order chi connectivity index (χ0) is 19.1. The van der Waals surface area contributed by atoms with Crippen LogP contribution in [0.3, 0.4) is 0 Å². The lowest BCUT2D eigenvalue weighted by atomic mass is 9.85. The van der Waals surface area contributed by atoms with Crippen molar-refractivity contribution < 1.29 is 4.79 Å². The van der Waals surface area contributed by atoms with E-state index in [0.29, 0.717) is 5.91 Å². The number of aromatic amines is 1. The number of fused-ring (bicyclic) bond motifs is 3. The van der Waals surface area contributed by atoms with E-state index in [2.05, 4.69) is 45.0 Å². The van der Waals surface area contributed by atoms with Gasteiger partial charge in [0.15, 0.2) is 0 Å². The van der Waals surface area contributed by atoms with E-state index in [9.17, 15) is 4.79 Å². The number of aromatic nitrogens is 3. The number of nitrogens with zero attached hydrogens (tertiary/aromatic N) is 4. The van der Waals surface area contributed by atoms with Crippen LogP contribution in [0.15, 0.2) is 36.7 Å². The van der Waals surface area contributed by atoms with Gasteiger partial charge in [-0.1, -0.05) is 11.6 Å². The second kappa shape index (κ2) is 6.93. The van der Waals surface area contributed by atoms with Crippen molar-refractivity contribution in [3.05, 3.63) is 53.5 Å². The predicted molar refractivity (Wildman–Crippen MR) is 109 cm³/mol. The number of carbonyl (C=O) groups excluding carboxylic acids is 1. The first-order chi connectivity index (χ1) is 13.7. The van der Waals surface area contributed by atoms with E-state index in [1.165, 1.54) is 27.7 Å². The van der Waals surface area contributed by atoms with Gasteiger partial charge in [0.1, 0.15) is 0 Å². The highest BCUT2D eigenvalue weighted by atomic mass is 16.2. The molecule has 1 aliphatic carbocycles. The fraction of sp³-hybridized carbons (Fsp3) is 0.409. The highest BCUT2D eigenvalue weighted by Crippen LogP contribution is 2.33. The molecule has 1 aliphatic heterocycles. The number of benzene rings is 1. The molecule has 0 spiro atoms. The Morgan fingerprint density at radius 2 is 1.93 bits per heavy atom. The summed E-state index contributed by atoms with van der Waals surface area (Å²) in [5.74, 6) is 1.15. The third kappa shape index (κ3) is 3.03. The van der Waals surface area contributed by atoms with Crippen LogP contribution >= 0.6 is 0 Å². The number of piperazine rings is 1. The minimum Gasteiger partial charge on any atom is -0.358 e. The van der Waals surface area contributed by atoms with Crippen molar-refractivity contribution in [2.75, 3.05) is 31.1 Å². The maximum atomic E-state index is 13.2. The predicted octanol–water partition coefficient (Wildman–Crippen LogP) is 2.72. The first-order valence-electron chi connectivity index (χ1n) is 10.1. The molecule has 2 aromatic heterocycles. The van der Waals surface area contributed by atoms with Gasteiger partial charge in [-0.3, -0.25) is 4.79 Å². The Hall–Kier alpha value is -2.89. The van der Waals surface area contributed by atoms with Gasteiger partial charge in [-0.15, -0.1) is 0 Å². The summed E-state index contributed by atoms with van der Waals surface area (Å²) in [6.07, 6.45) is 6.27. The number of anilines is 1. The van der Waals surface area contributed by atoms with E-state index in [-0.39, 0.29) is 5.92 Å². The summed E-state index contributed by atoms with van der Waals surface area (Å²) in [6.45, 7) is 5.20. The molecule has 3 aromatic rings. The number of carbonyl (C=O) groups is 1. The first-order valence-corrected chi connectivity index (χ1v) is 10.1. The highest BCUT2D eigenvalue weighted by Gasteiger charge is 2.32. The van der Waals surface area contributed by atoms with Crippen LogP contribution in [0, 0.1) is 12.8 Å². The normalized spacial score (nSPS) is 19.7. The molecule has 1 atom stereocenters. The van der Waals surface area contributed by atoms with Crippen LogP contribution in [0.1, 0.15) is 23.2 Å². The Morgan fingerprint density at radius 3 is 2.71 bits per heavy atom. The molecule has 144 valence electrons. The van der Waals surface area contributed by atoms with E-state index in [0.717, 1.165) is 51.4 Å². The van der Waals surface area contributed by atoms with Crippen molar-refractivity contribution in [3.8, 4) is 0 Å². The van der Waals surface area contributed by atoms with E-state index >= 15 is 0 Å². The Balaban J connectivity index is 1.28. The second-order valence-corrected chi connectivity index (χ2v) is 7.93. The summed E-state index contributed by atoms with van der Waals surface area (Å²) in [6, 6.07) is 8.37. The van der Waals surface area contributed by atoms with Crippen LogP contribution < -0.4 is 4.90 Å². The molecular formula is C22H25N5O. The van der Waals surface area contributed by atoms with Crippen molar-refractivity contribution in [2.45, 2.75) is 26.2 Å². The van der Waals surface area contributed by atoms with E-state index in [1.807, 2.05) is 11.0 Å². The number of rotatable bonds is 2. The summed E-state index contributed by atoms with van der Waals surface area (Å²) in [4.78, 5) is 29.6. The van der Waals surface area contributed by atoms with Crippen LogP contribution in [-0.4, -0.2) is 51.9 Å². The van der Waals surface area contributed by atoms with E-state index < -0.39 is 0 Å². The molecular weight excluding hydrogens is 350 g/mol. The van der Waals surface area contributed by atoms with Crippen molar-refractivity contribution in [1.82, 2.24) is 19.9 Å². The van der Waals surface area contributed by atoms with Crippen molar-refractivity contribution in [1.29, 1.82) is 0 Å². The molecule has 1 saturated heterocycles. The Labute approximate surface area is 164 Å². The highest BCUT2D eigenvalue weighted by molar-refractivity contribution is 5.87. The number of hydrogen-bond acceptors (Lipinski definition) is 4. The fourth-order valence-corrected chi connectivity index (χ4v) is 4.58. The van der Waals surface area contributed by atoms with Crippen LogP contribution in [0.25, 0.3) is 10.9 Å². The summed E-state index contributed by atoms with van der Waals surface area (Å²) in [5, 5.41) is 1.29. The van der Waals surface area contributed by atoms with Gasteiger partial charge >= 0.3 is 0 Å². The number of hydrogen-bond donors (Lipinski definition) is 1. The minimum atomic E-state index is 0.0894. The zero-order valence-electron chi connectivity index (χ0n) is 16.2. The maximum Gasteiger partial charge on any atom is 0.226 e. The smallest absolute Gasteiger partial charge is 0.226 e. The molecule has 1 N–H and O–H groups in total. The molecule has 28 heavy (non-hydrogen) atoms. The third-order valence-corrected chi connectivity index (χ3v) is 6.12. The van der Waals surface area contributed by atoms with Crippen molar-refractivity contribution in [2.24, 2.45) is 5.92 Å². The summed E-state index contributed by atoms with van der Waals surface area (Å²) >= 11 is 0. The second-order valence-electron chi connectivity index (χ2n) is 7.93. The Bertz CT molecular complexity index is 1000. The topological polar surface area (TPSA) is 65.1 Å². The summed E-state index contributed by atoms with van der Waals surface area (Å²) < 4.78 is 0. The lowest BCUT2D eigenvalue weighted by molar-refractivity contribution is -0.136. The summed E-state index contributed by atoms with van der Waals surface area (Å²) in [7, 11) is 0. The number of amides is 1. The SMILES string of the molecule is Cc1ccc2[nH]c3c(c2c1)CC(C(=O)N1CCN(c2ncccn2)CC1)CC3. The van der Waals surface area contributed by atoms with Gasteiger partial charge in [0, 0.05) is 61.1 Å². The molecule has 6 heteroatoms. The van der Waals surface area contributed by atoms with Gasteiger partial charge < -0.3 is 14.8 Å². The van der Waals surface area contributed by atoms with E-state index in [1.54, 1.807) is 12.4 Å².